The van der Waals surface area contributed by atoms with Crippen molar-refractivity contribution in [2.24, 2.45) is 0 Å². The quantitative estimate of drug-likeness (QED) is 0.327. The first-order chi connectivity index (χ1) is 14.7. The molecule has 2 unspecified atom stereocenters. The second-order valence-electron chi connectivity index (χ2n) is 7.00. The lowest BCUT2D eigenvalue weighted by atomic mass is 10.1. The minimum atomic E-state index is -2.38. The first kappa shape index (κ1) is 22.4. The molecule has 3 rings (SSSR count). The first-order valence-corrected chi connectivity index (χ1v) is 9.62. The lowest BCUT2D eigenvalue weighted by Gasteiger charge is -2.30. The minimum Gasteiger partial charge on any atom is -0.438 e. The van der Waals surface area contributed by atoms with Gasteiger partial charge >= 0.3 is 6.09 Å². The van der Waals surface area contributed by atoms with Crippen LogP contribution in [0, 0.1) is 0 Å². The molecular formula is C21H21ClN4O5. The fraction of sp³-hybridized carbons (Fsp3) is 0.238. The predicted molar refractivity (Wildman–Crippen MR) is 113 cm³/mol. The van der Waals surface area contributed by atoms with Gasteiger partial charge in [-0.3, -0.25) is 4.79 Å². The lowest BCUT2D eigenvalue weighted by Crippen LogP contribution is -2.51. The van der Waals surface area contributed by atoms with Crippen molar-refractivity contribution in [2.75, 3.05) is 6.61 Å². The van der Waals surface area contributed by atoms with Gasteiger partial charge in [-0.05, 0) is 37.6 Å². The third-order valence-corrected chi connectivity index (χ3v) is 5.02. The number of hydrogen-bond donors (Lipinski definition) is 2. The molecule has 0 aliphatic heterocycles. The molecule has 1 heterocycles. The van der Waals surface area contributed by atoms with Gasteiger partial charge < -0.3 is 14.9 Å². The first-order valence-electron chi connectivity index (χ1n) is 9.28. The van der Waals surface area contributed by atoms with E-state index in [1.54, 1.807) is 36.4 Å². The van der Waals surface area contributed by atoms with Crippen LogP contribution in [-0.4, -0.2) is 53.8 Å². The summed E-state index contributed by atoms with van der Waals surface area (Å²) < 4.78 is 5.53. The number of amides is 1. The number of carbonyl (C=O) groups excluding carboxylic acids is 2. The Balaban J connectivity index is 1.90. The van der Waals surface area contributed by atoms with Crippen molar-refractivity contribution in [1.82, 2.24) is 19.4 Å². The van der Waals surface area contributed by atoms with Gasteiger partial charge in [0.05, 0.1) is 12.3 Å². The Morgan fingerprint density at radius 2 is 1.74 bits per heavy atom. The molecule has 2 aromatic carbocycles. The van der Waals surface area contributed by atoms with Crippen LogP contribution in [-0.2, 0) is 9.53 Å². The number of ketones is 1. The number of aliphatic hydroxyl groups is 2. The molecule has 0 radical (unpaired) electrons. The van der Waals surface area contributed by atoms with E-state index in [2.05, 4.69) is 16.8 Å². The maximum Gasteiger partial charge on any atom is 0.428 e. The van der Waals surface area contributed by atoms with Crippen LogP contribution >= 0.6 is 11.8 Å². The predicted octanol–water partition coefficient (Wildman–Crippen LogP) is 2.90. The molecule has 9 nitrogen and oxygen atoms in total. The van der Waals surface area contributed by atoms with E-state index in [0.29, 0.717) is 22.3 Å². The molecular weight excluding hydrogens is 424 g/mol. The summed E-state index contributed by atoms with van der Waals surface area (Å²) in [6.45, 7) is 5.27. The smallest absolute Gasteiger partial charge is 0.428 e. The van der Waals surface area contributed by atoms with Crippen molar-refractivity contribution in [3.63, 3.8) is 0 Å². The molecule has 1 amide bonds. The van der Waals surface area contributed by atoms with Crippen LogP contribution in [0.1, 0.15) is 25.5 Å². The van der Waals surface area contributed by atoms with Crippen LogP contribution in [0.4, 0.5) is 4.79 Å². The Bertz CT molecular complexity index is 1110. The summed E-state index contributed by atoms with van der Waals surface area (Å²) in [5.74, 6) is -0.854. The molecule has 0 aliphatic rings. The number of halogens is 1. The standard InChI is InChI=1S/C21H21ClN4O5/c1-13(2)19(28)21(3,30)25(22)20(29)31-18(12-27)14-8-4-7-11-17(14)26-23-15-9-5-6-10-16(15)24-26/h4-11,18,27,30H,1,12H2,2-3H3. The molecule has 0 saturated carbocycles. The monoisotopic (exact) mass is 444 g/mol. The van der Waals surface area contributed by atoms with Crippen molar-refractivity contribution in [3.05, 3.63) is 66.2 Å². The molecule has 0 bridgehead atoms. The van der Waals surface area contributed by atoms with Crippen LogP contribution in [0.3, 0.4) is 0 Å². The van der Waals surface area contributed by atoms with E-state index in [4.69, 9.17) is 16.5 Å². The molecule has 162 valence electrons. The molecule has 1 aromatic heterocycles. The fourth-order valence-corrected chi connectivity index (χ4v) is 3.06. The van der Waals surface area contributed by atoms with Gasteiger partial charge in [0.25, 0.3) is 0 Å². The van der Waals surface area contributed by atoms with Crippen molar-refractivity contribution in [2.45, 2.75) is 25.7 Å². The van der Waals surface area contributed by atoms with Gasteiger partial charge in [0.2, 0.25) is 11.5 Å². The van der Waals surface area contributed by atoms with E-state index < -0.39 is 30.3 Å². The number of fused-ring (bicyclic) bond motifs is 1. The zero-order chi connectivity index (χ0) is 22.8. The second-order valence-corrected chi connectivity index (χ2v) is 7.34. The number of carbonyl (C=O) groups is 2. The van der Waals surface area contributed by atoms with E-state index in [1.165, 1.54) is 11.7 Å². The van der Waals surface area contributed by atoms with E-state index in [-0.39, 0.29) is 9.99 Å². The highest BCUT2D eigenvalue weighted by molar-refractivity contribution is 6.23. The number of rotatable bonds is 7. The highest BCUT2D eigenvalue weighted by Gasteiger charge is 2.42. The average molecular weight is 445 g/mol. The number of Topliss-reactive ketones (excluding diaryl/α,β-unsaturated/α-hetero) is 1. The molecule has 0 spiro atoms. The average Bonchev–Trinajstić information content (AvgIpc) is 3.20. The van der Waals surface area contributed by atoms with Crippen LogP contribution in [0.15, 0.2) is 60.7 Å². The zero-order valence-electron chi connectivity index (χ0n) is 16.9. The van der Waals surface area contributed by atoms with Gasteiger partial charge in [-0.2, -0.15) is 4.42 Å². The van der Waals surface area contributed by atoms with Gasteiger partial charge in [-0.25, -0.2) is 4.79 Å². The van der Waals surface area contributed by atoms with Crippen LogP contribution in [0.2, 0.25) is 0 Å². The van der Waals surface area contributed by atoms with Crippen LogP contribution in [0.25, 0.3) is 16.7 Å². The van der Waals surface area contributed by atoms with Crippen molar-refractivity contribution in [1.29, 1.82) is 0 Å². The van der Waals surface area contributed by atoms with Gasteiger partial charge in [0.15, 0.2) is 6.10 Å². The third-order valence-electron chi connectivity index (χ3n) is 4.55. The Kier molecular flexibility index (Phi) is 6.40. The number of ether oxygens (including phenoxy) is 1. The summed E-state index contributed by atoms with van der Waals surface area (Å²) in [5.41, 5.74) is -0.187. The Morgan fingerprint density at radius 3 is 2.29 bits per heavy atom. The number of para-hydroxylation sites is 1. The number of hydrogen-bond acceptors (Lipinski definition) is 7. The number of nitrogens with zero attached hydrogens (tertiary/aromatic N) is 4. The molecule has 10 heteroatoms. The fourth-order valence-electron chi connectivity index (χ4n) is 2.95. The topological polar surface area (TPSA) is 118 Å². The lowest BCUT2D eigenvalue weighted by molar-refractivity contribution is -0.142. The highest BCUT2D eigenvalue weighted by Crippen LogP contribution is 2.28. The SMILES string of the molecule is C=C(C)C(=O)C(C)(O)N(Cl)C(=O)OC(CO)c1ccccc1-n1nc2ccccc2n1. The van der Waals surface area contributed by atoms with Crippen molar-refractivity contribution < 1.29 is 24.5 Å². The number of benzene rings is 2. The number of aromatic nitrogens is 3. The molecule has 2 atom stereocenters. The molecule has 0 aliphatic carbocycles. The molecule has 0 fully saturated rings. The summed E-state index contributed by atoms with van der Waals surface area (Å²) in [6, 6.07) is 14.0. The summed E-state index contributed by atoms with van der Waals surface area (Å²) in [5, 5.41) is 29.1. The summed E-state index contributed by atoms with van der Waals surface area (Å²) in [6.07, 6.45) is -2.40. The van der Waals surface area contributed by atoms with Gasteiger partial charge in [-0.15, -0.1) is 15.0 Å². The van der Waals surface area contributed by atoms with E-state index in [1.807, 2.05) is 12.1 Å². The Morgan fingerprint density at radius 1 is 1.19 bits per heavy atom. The van der Waals surface area contributed by atoms with Crippen LogP contribution in [0.5, 0.6) is 0 Å². The Hall–Kier alpha value is -3.27. The van der Waals surface area contributed by atoms with Crippen LogP contribution < -0.4 is 0 Å². The second kappa shape index (κ2) is 8.84. The normalized spacial score (nSPS) is 14.0. The largest absolute Gasteiger partial charge is 0.438 e. The minimum absolute atomic E-state index is 0.00401. The Labute approximate surface area is 183 Å². The highest BCUT2D eigenvalue weighted by atomic mass is 35.5. The summed E-state index contributed by atoms with van der Waals surface area (Å²) in [7, 11) is 0. The van der Waals surface area contributed by atoms with Gasteiger partial charge in [0.1, 0.15) is 11.0 Å². The summed E-state index contributed by atoms with van der Waals surface area (Å²) in [4.78, 5) is 26.0. The van der Waals surface area contributed by atoms with Crippen molar-refractivity contribution in [3.8, 4) is 5.69 Å². The number of aliphatic hydroxyl groups excluding tert-OH is 1. The molecule has 3 aromatic rings. The van der Waals surface area contributed by atoms with E-state index >= 15 is 0 Å². The van der Waals surface area contributed by atoms with Gasteiger partial charge in [-0.1, -0.05) is 36.9 Å². The van der Waals surface area contributed by atoms with E-state index in [0.717, 1.165) is 6.92 Å². The third kappa shape index (κ3) is 4.43. The molecule has 31 heavy (non-hydrogen) atoms. The maximum absolute atomic E-state index is 12.5. The van der Waals surface area contributed by atoms with Gasteiger partial charge in [0, 0.05) is 17.3 Å². The summed E-state index contributed by atoms with van der Waals surface area (Å²) >= 11 is 5.90. The van der Waals surface area contributed by atoms with E-state index in [9.17, 15) is 19.8 Å². The zero-order valence-corrected chi connectivity index (χ0v) is 17.7. The van der Waals surface area contributed by atoms with Crippen molar-refractivity contribution >= 4 is 34.7 Å². The molecule has 2 N–H and O–H groups in total. The molecule has 0 saturated heterocycles. The maximum atomic E-state index is 12.5.